The van der Waals surface area contributed by atoms with E-state index < -0.39 is 0 Å². The molecule has 0 aromatic heterocycles. The van der Waals surface area contributed by atoms with Gasteiger partial charge < -0.3 is 10.6 Å². The van der Waals surface area contributed by atoms with E-state index >= 15 is 0 Å². The van der Waals surface area contributed by atoms with Gasteiger partial charge in [0.05, 0.1) is 16.1 Å². The van der Waals surface area contributed by atoms with Crippen LogP contribution >= 0.6 is 23.2 Å². The molecule has 1 aliphatic rings. The van der Waals surface area contributed by atoms with E-state index in [-0.39, 0.29) is 0 Å². The van der Waals surface area contributed by atoms with Crippen LogP contribution in [-0.4, -0.2) is 30.0 Å². The molecule has 110 valence electrons. The molecule has 1 aliphatic carbocycles. The molecule has 1 saturated carbocycles. The first-order valence-corrected chi connectivity index (χ1v) is 7.83. The van der Waals surface area contributed by atoms with Crippen molar-refractivity contribution in [3.8, 4) is 0 Å². The van der Waals surface area contributed by atoms with Gasteiger partial charge in [0.25, 0.3) is 0 Å². The predicted molar refractivity (Wildman–Crippen MR) is 86.8 cm³/mol. The van der Waals surface area contributed by atoms with Crippen molar-refractivity contribution in [1.82, 2.24) is 4.90 Å². The number of aliphatic imine (C=N–C) groups is 1. The summed E-state index contributed by atoms with van der Waals surface area (Å²) in [6.07, 6.45) is 2.06. The number of nitrogens with zero attached hydrogens (tertiary/aromatic N) is 2. The molecule has 5 heteroatoms. The lowest BCUT2D eigenvalue weighted by Crippen LogP contribution is -2.39. The SMILES string of the molecule is CCN(CC)C(N)=NC1CC(c2ccc(Cl)c(Cl)c2)C1. The molecule has 0 amide bonds. The summed E-state index contributed by atoms with van der Waals surface area (Å²) in [7, 11) is 0. The Kier molecular flexibility index (Phi) is 5.17. The molecule has 3 nitrogen and oxygen atoms in total. The highest BCUT2D eigenvalue weighted by Crippen LogP contribution is 2.40. The minimum absolute atomic E-state index is 0.329. The molecular weight excluding hydrogens is 293 g/mol. The molecule has 1 aromatic rings. The minimum Gasteiger partial charge on any atom is -0.370 e. The second kappa shape index (κ2) is 6.68. The molecule has 2 N–H and O–H groups in total. The summed E-state index contributed by atoms with van der Waals surface area (Å²) in [5.74, 6) is 1.18. The number of rotatable bonds is 4. The minimum atomic E-state index is 0.329. The van der Waals surface area contributed by atoms with Crippen molar-refractivity contribution in [2.75, 3.05) is 13.1 Å². The van der Waals surface area contributed by atoms with Crippen LogP contribution in [0.25, 0.3) is 0 Å². The number of hydrogen-bond donors (Lipinski definition) is 1. The molecule has 0 bridgehead atoms. The van der Waals surface area contributed by atoms with E-state index in [1.807, 2.05) is 18.2 Å². The third-order valence-electron chi connectivity index (χ3n) is 3.93. The lowest BCUT2D eigenvalue weighted by molar-refractivity contribution is 0.346. The fraction of sp³-hybridized carbons (Fsp3) is 0.533. The number of nitrogens with two attached hydrogens (primary N) is 1. The first-order valence-electron chi connectivity index (χ1n) is 7.08. The highest BCUT2D eigenvalue weighted by molar-refractivity contribution is 6.42. The third kappa shape index (κ3) is 3.39. The molecule has 20 heavy (non-hydrogen) atoms. The molecular formula is C15H21Cl2N3. The third-order valence-corrected chi connectivity index (χ3v) is 4.67. The van der Waals surface area contributed by atoms with Gasteiger partial charge in [0.15, 0.2) is 5.96 Å². The Balaban J connectivity index is 1.94. The molecule has 0 atom stereocenters. The van der Waals surface area contributed by atoms with Crippen LogP contribution < -0.4 is 5.73 Å². The number of hydrogen-bond acceptors (Lipinski definition) is 1. The Labute approximate surface area is 130 Å². The van der Waals surface area contributed by atoms with Crippen molar-refractivity contribution < 1.29 is 0 Å². The van der Waals surface area contributed by atoms with Gasteiger partial charge in [0.2, 0.25) is 0 Å². The zero-order valence-electron chi connectivity index (χ0n) is 11.9. The van der Waals surface area contributed by atoms with Gasteiger partial charge in [-0.05, 0) is 50.3 Å². The summed E-state index contributed by atoms with van der Waals surface area (Å²) < 4.78 is 0. The van der Waals surface area contributed by atoms with Gasteiger partial charge in [-0.3, -0.25) is 0 Å². The maximum Gasteiger partial charge on any atom is 0.191 e. The second-order valence-corrected chi connectivity index (χ2v) is 5.97. The van der Waals surface area contributed by atoms with Crippen LogP contribution in [-0.2, 0) is 0 Å². The first-order chi connectivity index (χ1) is 9.55. The van der Waals surface area contributed by atoms with Crippen molar-refractivity contribution in [3.63, 3.8) is 0 Å². The fourth-order valence-electron chi connectivity index (χ4n) is 2.55. The summed E-state index contributed by atoms with van der Waals surface area (Å²) in [5, 5.41) is 1.23. The lowest BCUT2D eigenvalue weighted by Gasteiger charge is -2.34. The number of benzene rings is 1. The van der Waals surface area contributed by atoms with E-state index in [0.29, 0.717) is 28.0 Å². The Morgan fingerprint density at radius 1 is 1.25 bits per heavy atom. The standard InChI is InChI=1S/C15H21Cl2N3/c1-3-20(4-2)15(18)19-12-7-11(8-12)10-5-6-13(16)14(17)9-10/h5-6,9,11-12H,3-4,7-8H2,1-2H3,(H2,18,19). The van der Waals surface area contributed by atoms with E-state index in [1.54, 1.807) is 0 Å². The maximum atomic E-state index is 6.05. The predicted octanol–water partition coefficient (Wildman–Crippen LogP) is 3.90. The van der Waals surface area contributed by atoms with Gasteiger partial charge in [-0.15, -0.1) is 0 Å². The zero-order valence-corrected chi connectivity index (χ0v) is 13.5. The van der Waals surface area contributed by atoms with Gasteiger partial charge in [0, 0.05) is 13.1 Å². The van der Waals surface area contributed by atoms with Gasteiger partial charge in [-0.1, -0.05) is 29.3 Å². The van der Waals surface area contributed by atoms with Crippen LogP contribution in [0, 0.1) is 0 Å². The molecule has 0 radical (unpaired) electrons. The zero-order chi connectivity index (χ0) is 14.7. The smallest absolute Gasteiger partial charge is 0.191 e. The quantitative estimate of drug-likeness (QED) is 0.676. The van der Waals surface area contributed by atoms with Gasteiger partial charge in [0.1, 0.15) is 0 Å². The van der Waals surface area contributed by atoms with Crippen molar-refractivity contribution in [1.29, 1.82) is 0 Å². The van der Waals surface area contributed by atoms with Crippen LogP contribution in [0.15, 0.2) is 23.2 Å². The van der Waals surface area contributed by atoms with Gasteiger partial charge >= 0.3 is 0 Å². The molecule has 1 fully saturated rings. The van der Waals surface area contributed by atoms with Crippen LogP contribution in [0.1, 0.15) is 38.2 Å². The largest absolute Gasteiger partial charge is 0.370 e. The van der Waals surface area contributed by atoms with Crippen molar-refractivity contribution in [2.45, 2.75) is 38.6 Å². The van der Waals surface area contributed by atoms with Crippen LogP contribution in [0.4, 0.5) is 0 Å². The first kappa shape index (κ1) is 15.5. The van der Waals surface area contributed by atoms with E-state index in [2.05, 4.69) is 23.7 Å². The topological polar surface area (TPSA) is 41.6 Å². The van der Waals surface area contributed by atoms with Crippen LogP contribution in [0.5, 0.6) is 0 Å². The van der Waals surface area contributed by atoms with Gasteiger partial charge in [-0.2, -0.15) is 0 Å². The molecule has 0 aliphatic heterocycles. The average Bonchev–Trinajstić information content (AvgIpc) is 2.38. The Morgan fingerprint density at radius 3 is 2.45 bits per heavy atom. The molecule has 0 unspecified atom stereocenters. The average molecular weight is 314 g/mol. The molecule has 0 spiro atoms. The second-order valence-electron chi connectivity index (χ2n) is 5.16. The molecule has 1 aromatic carbocycles. The molecule has 2 rings (SSSR count). The van der Waals surface area contributed by atoms with E-state index in [4.69, 9.17) is 28.9 Å². The van der Waals surface area contributed by atoms with E-state index in [9.17, 15) is 0 Å². The Morgan fingerprint density at radius 2 is 1.90 bits per heavy atom. The van der Waals surface area contributed by atoms with Crippen LogP contribution in [0.3, 0.4) is 0 Å². The highest BCUT2D eigenvalue weighted by Gasteiger charge is 2.30. The van der Waals surface area contributed by atoms with Crippen molar-refractivity contribution in [2.24, 2.45) is 10.7 Å². The Bertz CT molecular complexity index is 492. The highest BCUT2D eigenvalue weighted by atomic mass is 35.5. The van der Waals surface area contributed by atoms with Gasteiger partial charge in [-0.25, -0.2) is 4.99 Å². The van der Waals surface area contributed by atoms with Crippen molar-refractivity contribution >= 4 is 29.2 Å². The van der Waals surface area contributed by atoms with Crippen molar-refractivity contribution in [3.05, 3.63) is 33.8 Å². The summed E-state index contributed by atoms with van der Waals surface area (Å²) in [6.45, 7) is 5.97. The fourth-order valence-corrected chi connectivity index (χ4v) is 2.85. The summed E-state index contributed by atoms with van der Waals surface area (Å²) in [5.41, 5.74) is 7.26. The summed E-state index contributed by atoms with van der Waals surface area (Å²) in [4.78, 5) is 6.68. The lowest BCUT2D eigenvalue weighted by atomic mass is 9.76. The summed E-state index contributed by atoms with van der Waals surface area (Å²) in [6, 6.07) is 6.20. The summed E-state index contributed by atoms with van der Waals surface area (Å²) >= 11 is 12.0. The Hall–Kier alpha value is -0.930. The molecule has 0 saturated heterocycles. The van der Waals surface area contributed by atoms with E-state index in [1.165, 1.54) is 5.56 Å². The number of halogens is 2. The maximum absolute atomic E-state index is 6.05. The number of guanidine groups is 1. The monoisotopic (exact) mass is 313 g/mol. The van der Waals surface area contributed by atoms with E-state index in [0.717, 1.165) is 25.9 Å². The normalized spacial score (nSPS) is 22.5. The van der Waals surface area contributed by atoms with Crippen LogP contribution in [0.2, 0.25) is 10.0 Å². The molecule has 0 heterocycles.